The predicted octanol–water partition coefficient (Wildman–Crippen LogP) is 4.64. The predicted molar refractivity (Wildman–Crippen MR) is 140 cm³/mol. The monoisotopic (exact) mass is 529 g/mol. The van der Waals surface area contributed by atoms with Crippen LogP contribution in [0.1, 0.15) is 108 Å². The SMILES string of the molecule is CC(C)(C)OC(=O)C[C@H]1C[C@@H](CCNCC[C@@H]2C[C@H](CC(=O)OC(C)(C)C)OC(C)(C)O2)OC(C)(C)O1. The largest absolute Gasteiger partial charge is 0.460 e. The Morgan fingerprint density at radius 2 is 1.00 bits per heavy atom. The summed E-state index contributed by atoms with van der Waals surface area (Å²) in [6, 6.07) is 0. The summed E-state index contributed by atoms with van der Waals surface area (Å²) >= 11 is 0. The maximum absolute atomic E-state index is 12.3. The van der Waals surface area contributed by atoms with Gasteiger partial charge in [-0.1, -0.05) is 0 Å². The lowest BCUT2D eigenvalue weighted by Crippen LogP contribution is -2.47. The topological polar surface area (TPSA) is 102 Å². The van der Waals surface area contributed by atoms with Crippen LogP contribution >= 0.6 is 0 Å². The second kappa shape index (κ2) is 12.7. The summed E-state index contributed by atoms with van der Waals surface area (Å²) in [6.45, 7) is 20.2. The fourth-order valence-corrected chi connectivity index (χ4v) is 4.83. The molecule has 0 saturated carbocycles. The number of ether oxygens (including phenoxy) is 6. The Kier molecular flexibility index (Phi) is 11.0. The number of hydrogen-bond donors (Lipinski definition) is 1. The molecule has 2 saturated heterocycles. The smallest absolute Gasteiger partial charge is 0.308 e. The second-order valence-corrected chi connectivity index (χ2v) is 13.1. The van der Waals surface area contributed by atoms with Crippen molar-refractivity contribution in [1.82, 2.24) is 5.32 Å². The van der Waals surface area contributed by atoms with E-state index in [1.165, 1.54) is 0 Å². The fraction of sp³-hybridized carbons (Fsp3) is 0.929. The molecule has 0 aromatic rings. The molecule has 1 N–H and O–H groups in total. The van der Waals surface area contributed by atoms with Gasteiger partial charge in [-0.2, -0.15) is 0 Å². The second-order valence-electron chi connectivity index (χ2n) is 13.1. The summed E-state index contributed by atoms with van der Waals surface area (Å²) in [5.41, 5.74) is -1.03. The Morgan fingerprint density at radius 3 is 1.32 bits per heavy atom. The summed E-state index contributed by atoms with van der Waals surface area (Å²) in [6.07, 6.45) is 2.84. The van der Waals surface area contributed by atoms with Crippen molar-refractivity contribution in [3.63, 3.8) is 0 Å². The fourth-order valence-electron chi connectivity index (χ4n) is 4.83. The van der Waals surface area contributed by atoms with Gasteiger partial charge >= 0.3 is 11.9 Å². The Bertz CT molecular complexity index is 690. The van der Waals surface area contributed by atoms with Crippen LogP contribution in [0.5, 0.6) is 0 Å². The van der Waals surface area contributed by atoms with Crippen LogP contribution in [0.2, 0.25) is 0 Å². The maximum Gasteiger partial charge on any atom is 0.308 e. The lowest BCUT2D eigenvalue weighted by Gasteiger charge is -2.41. The number of hydrogen-bond acceptors (Lipinski definition) is 9. The van der Waals surface area contributed by atoms with E-state index < -0.39 is 22.8 Å². The summed E-state index contributed by atoms with van der Waals surface area (Å²) in [7, 11) is 0. The first-order valence-corrected chi connectivity index (χ1v) is 13.7. The molecule has 0 aromatic carbocycles. The van der Waals surface area contributed by atoms with Gasteiger partial charge in [-0.3, -0.25) is 9.59 Å². The molecule has 0 unspecified atom stereocenters. The lowest BCUT2D eigenvalue weighted by atomic mass is 10.0. The van der Waals surface area contributed by atoms with Gasteiger partial charge in [0.15, 0.2) is 11.6 Å². The van der Waals surface area contributed by atoms with Crippen molar-refractivity contribution in [2.24, 2.45) is 0 Å². The molecule has 0 aromatic heterocycles. The number of nitrogens with one attached hydrogen (secondary N) is 1. The van der Waals surface area contributed by atoms with Gasteiger partial charge < -0.3 is 33.7 Å². The molecule has 0 bridgehead atoms. The quantitative estimate of drug-likeness (QED) is 0.320. The molecule has 9 nitrogen and oxygen atoms in total. The van der Waals surface area contributed by atoms with Crippen LogP contribution in [0.25, 0.3) is 0 Å². The molecule has 2 rings (SSSR count). The van der Waals surface area contributed by atoms with Crippen molar-refractivity contribution in [3.8, 4) is 0 Å². The third-order valence-electron chi connectivity index (χ3n) is 5.77. The third kappa shape index (κ3) is 13.4. The third-order valence-corrected chi connectivity index (χ3v) is 5.77. The minimum atomic E-state index is -0.750. The average Bonchev–Trinajstić information content (AvgIpc) is 2.61. The van der Waals surface area contributed by atoms with Gasteiger partial charge in [0.25, 0.3) is 0 Å². The molecule has 4 atom stereocenters. The molecule has 0 amide bonds. The molecule has 2 aliphatic heterocycles. The van der Waals surface area contributed by atoms with Crippen molar-refractivity contribution >= 4 is 11.9 Å². The Balaban J connectivity index is 1.75. The van der Waals surface area contributed by atoms with Gasteiger partial charge in [0.2, 0.25) is 0 Å². The zero-order valence-electron chi connectivity index (χ0n) is 24.7. The van der Waals surface area contributed by atoms with Crippen molar-refractivity contribution in [2.75, 3.05) is 13.1 Å². The van der Waals surface area contributed by atoms with Gasteiger partial charge in [-0.05, 0) is 95.2 Å². The molecule has 9 heteroatoms. The van der Waals surface area contributed by atoms with Crippen LogP contribution in [-0.4, -0.2) is 72.2 Å². The molecular formula is C28H51NO8. The maximum atomic E-state index is 12.3. The van der Waals surface area contributed by atoms with Crippen molar-refractivity contribution in [2.45, 2.75) is 155 Å². The van der Waals surface area contributed by atoms with E-state index in [2.05, 4.69) is 5.32 Å². The van der Waals surface area contributed by atoms with Gasteiger partial charge in [0.05, 0.1) is 37.3 Å². The number of carbonyl (C=O) groups is 2. The summed E-state index contributed by atoms with van der Waals surface area (Å²) in [5, 5.41) is 3.48. The van der Waals surface area contributed by atoms with Gasteiger partial charge in [-0.15, -0.1) is 0 Å². The van der Waals surface area contributed by atoms with E-state index in [0.717, 1.165) is 25.9 Å². The highest BCUT2D eigenvalue weighted by Gasteiger charge is 2.38. The van der Waals surface area contributed by atoms with Crippen LogP contribution in [0.4, 0.5) is 0 Å². The van der Waals surface area contributed by atoms with Gasteiger partial charge in [0.1, 0.15) is 11.2 Å². The highest BCUT2D eigenvalue weighted by Crippen LogP contribution is 2.31. The highest BCUT2D eigenvalue weighted by molar-refractivity contribution is 5.70. The highest BCUT2D eigenvalue weighted by atomic mass is 16.7. The molecule has 216 valence electrons. The standard InChI is InChI=1S/C28H51NO8/c1-25(2,3)36-23(30)17-21-15-19(32-27(7,8)34-21)11-13-29-14-12-20-16-22(35-28(9,10)33-20)18-24(31)37-26(4,5)6/h19-22,29H,11-18H2,1-10H3/t19-,20-,21-,22-/m1/s1. The van der Waals surface area contributed by atoms with E-state index in [0.29, 0.717) is 12.8 Å². The number of rotatable bonds is 10. The molecule has 2 fully saturated rings. The molecule has 2 heterocycles. The first kappa shape index (κ1) is 32.0. The number of esters is 2. The summed E-state index contributed by atoms with van der Waals surface area (Å²) < 4.78 is 35.1. The van der Waals surface area contributed by atoms with Crippen LogP contribution < -0.4 is 5.32 Å². The zero-order chi connectivity index (χ0) is 28.1. The Labute approximate surface area is 223 Å². The first-order valence-electron chi connectivity index (χ1n) is 13.7. The van der Waals surface area contributed by atoms with Crippen LogP contribution in [0.3, 0.4) is 0 Å². The lowest BCUT2D eigenvalue weighted by molar-refractivity contribution is -0.300. The van der Waals surface area contributed by atoms with Crippen molar-refractivity contribution < 1.29 is 38.0 Å². The van der Waals surface area contributed by atoms with Crippen molar-refractivity contribution in [3.05, 3.63) is 0 Å². The van der Waals surface area contributed by atoms with Crippen LogP contribution in [0.15, 0.2) is 0 Å². The molecule has 37 heavy (non-hydrogen) atoms. The van der Waals surface area contributed by atoms with Crippen molar-refractivity contribution in [1.29, 1.82) is 0 Å². The molecule has 0 radical (unpaired) electrons. The summed E-state index contributed by atoms with van der Waals surface area (Å²) in [5.74, 6) is -2.01. The Morgan fingerprint density at radius 1 is 0.676 bits per heavy atom. The van der Waals surface area contributed by atoms with Gasteiger partial charge in [-0.25, -0.2) is 0 Å². The minimum Gasteiger partial charge on any atom is -0.460 e. The minimum absolute atomic E-state index is 0.0137. The first-order chi connectivity index (χ1) is 16.8. The normalized spacial score (nSPS) is 27.9. The molecule has 0 spiro atoms. The van der Waals surface area contributed by atoms with E-state index in [1.54, 1.807) is 0 Å². The van der Waals surface area contributed by atoms with E-state index >= 15 is 0 Å². The molecular weight excluding hydrogens is 478 g/mol. The van der Waals surface area contributed by atoms with E-state index in [9.17, 15) is 9.59 Å². The number of carbonyl (C=O) groups excluding carboxylic acids is 2. The molecule has 0 aliphatic carbocycles. The van der Waals surface area contributed by atoms with Gasteiger partial charge in [0, 0.05) is 12.8 Å². The summed E-state index contributed by atoms with van der Waals surface area (Å²) in [4.78, 5) is 24.6. The zero-order valence-corrected chi connectivity index (χ0v) is 24.7. The average molecular weight is 530 g/mol. The molecule has 2 aliphatic rings. The van der Waals surface area contributed by atoms with E-state index in [1.807, 2.05) is 69.2 Å². The van der Waals surface area contributed by atoms with E-state index in [-0.39, 0.29) is 49.2 Å². The van der Waals surface area contributed by atoms with Crippen LogP contribution in [0, 0.1) is 0 Å². The van der Waals surface area contributed by atoms with Crippen LogP contribution in [-0.2, 0) is 38.0 Å². The Hall–Kier alpha value is -1.26. The van der Waals surface area contributed by atoms with E-state index in [4.69, 9.17) is 28.4 Å².